The molecular weight excluding hydrogens is 296 g/mol. The summed E-state index contributed by atoms with van der Waals surface area (Å²) in [5, 5.41) is 10.5. The minimum absolute atomic E-state index is 0.127. The number of H-pyrrole nitrogens is 1. The van der Waals surface area contributed by atoms with Gasteiger partial charge in [-0.1, -0.05) is 18.2 Å². The zero-order chi connectivity index (χ0) is 15.7. The van der Waals surface area contributed by atoms with Crippen molar-refractivity contribution in [2.75, 3.05) is 0 Å². The molecule has 0 bridgehead atoms. The first kappa shape index (κ1) is 14.6. The molecule has 1 amide bonds. The van der Waals surface area contributed by atoms with Crippen molar-refractivity contribution in [3.63, 3.8) is 0 Å². The maximum absolute atomic E-state index is 12.1. The Hall–Kier alpha value is -2.34. The molecule has 0 spiro atoms. The largest absolute Gasteiger partial charge is 0.300 e. The molecule has 1 aliphatic heterocycles. The summed E-state index contributed by atoms with van der Waals surface area (Å²) in [6.07, 6.45) is 1.86. The van der Waals surface area contributed by atoms with E-state index in [0.29, 0.717) is 10.1 Å². The van der Waals surface area contributed by atoms with E-state index in [1.54, 1.807) is 0 Å². The molecule has 0 radical (unpaired) electrons. The second-order valence-electron chi connectivity index (χ2n) is 5.12. The lowest BCUT2D eigenvalue weighted by atomic mass is 10.2. The SMILES string of the molecule is Cc1ccccc1N=C1NC(=O)/C(=C\c2c(C)n[nH]c2C)S1. The van der Waals surface area contributed by atoms with Crippen LogP contribution in [0.3, 0.4) is 0 Å². The molecule has 0 saturated carbocycles. The van der Waals surface area contributed by atoms with Crippen LogP contribution in [0.4, 0.5) is 5.69 Å². The Morgan fingerprint density at radius 3 is 2.68 bits per heavy atom. The first-order chi connectivity index (χ1) is 10.5. The first-order valence-electron chi connectivity index (χ1n) is 6.91. The van der Waals surface area contributed by atoms with Crippen molar-refractivity contribution >= 4 is 34.6 Å². The fourth-order valence-electron chi connectivity index (χ4n) is 2.18. The van der Waals surface area contributed by atoms with Crippen LogP contribution in [-0.4, -0.2) is 21.3 Å². The summed E-state index contributed by atoms with van der Waals surface area (Å²) in [6.45, 7) is 5.85. The van der Waals surface area contributed by atoms with E-state index in [0.717, 1.165) is 28.2 Å². The minimum atomic E-state index is -0.127. The Bertz CT molecular complexity index is 785. The van der Waals surface area contributed by atoms with E-state index < -0.39 is 0 Å². The number of thioether (sulfide) groups is 1. The molecule has 112 valence electrons. The number of amides is 1. The number of carbonyl (C=O) groups is 1. The number of nitrogens with zero attached hydrogens (tertiary/aromatic N) is 2. The van der Waals surface area contributed by atoms with Crippen molar-refractivity contribution in [3.05, 3.63) is 51.7 Å². The summed E-state index contributed by atoms with van der Waals surface area (Å²) in [6, 6.07) is 7.83. The Labute approximate surface area is 132 Å². The lowest BCUT2D eigenvalue weighted by molar-refractivity contribution is -0.115. The monoisotopic (exact) mass is 312 g/mol. The number of hydrogen-bond donors (Lipinski definition) is 2. The molecule has 1 fully saturated rings. The van der Waals surface area contributed by atoms with Gasteiger partial charge in [-0.05, 0) is 50.2 Å². The molecule has 1 aromatic heterocycles. The van der Waals surface area contributed by atoms with E-state index in [1.807, 2.05) is 51.1 Å². The number of aryl methyl sites for hydroxylation is 3. The molecule has 1 aromatic carbocycles. The third-order valence-corrected chi connectivity index (χ3v) is 4.36. The second-order valence-corrected chi connectivity index (χ2v) is 6.15. The Morgan fingerprint density at radius 1 is 1.23 bits per heavy atom. The minimum Gasteiger partial charge on any atom is -0.300 e. The number of rotatable bonds is 2. The van der Waals surface area contributed by atoms with Gasteiger partial charge >= 0.3 is 0 Å². The topological polar surface area (TPSA) is 70.1 Å². The maximum Gasteiger partial charge on any atom is 0.264 e. The highest BCUT2D eigenvalue weighted by Crippen LogP contribution is 2.29. The predicted molar refractivity (Wildman–Crippen MR) is 90.0 cm³/mol. The number of benzene rings is 1. The van der Waals surface area contributed by atoms with E-state index in [4.69, 9.17) is 0 Å². The van der Waals surface area contributed by atoms with Crippen LogP contribution in [0.25, 0.3) is 6.08 Å². The van der Waals surface area contributed by atoms with Gasteiger partial charge in [0, 0.05) is 11.3 Å². The van der Waals surface area contributed by atoms with E-state index in [2.05, 4.69) is 20.5 Å². The number of aromatic nitrogens is 2. The molecule has 5 nitrogen and oxygen atoms in total. The van der Waals surface area contributed by atoms with Crippen LogP contribution in [0.5, 0.6) is 0 Å². The fraction of sp³-hybridized carbons (Fsp3) is 0.188. The van der Waals surface area contributed by atoms with E-state index in [-0.39, 0.29) is 5.91 Å². The lowest BCUT2D eigenvalue weighted by Gasteiger charge is -1.99. The molecule has 6 heteroatoms. The number of para-hydroxylation sites is 1. The van der Waals surface area contributed by atoms with Crippen LogP contribution in [0, 0.1) is 20.8 Å². The number of hydrogen-bond acceptors (Lipinski definition) is 4. The number of nitrogens with one attached hydrogen (secondary N) is 2. The molecule has 0 unspecified atom stereocenters. The van der Waals surface area contributed by atoms with Gasteiger partial charge < -0.3 is 5.32 Å². The average molecular weight is 312 g/mol. The van der Waals surface area contributed by atoms with Crippen molar-refractivity contribution in [1.82, 2.24) is 15.5 Å². The van der Waals surface area contributed by atoms with Gasteiger partial charge in [0.2, 0.25) is 0 Å². The summed E-state index contributed by atoms with van der Waals surface area (Å²) in [5.41, 5.74) is 4.71. The summed E-state index contributed by atoms with van der Waals surface area (Å²) >= 11 is 1.35. The number of amidine groups is 1. The lowest BCUT2D eigenvalue weighted by Crippen LogP contribution is -2.19. The molecule has 1 saturated heterocycles. The molecule has 0 atom stereocenters. The molecule has 2 heterocycles. The van der Waals surface area contributed by atoms with Crippen molar-refractivity contribution in [3.8, 4) is 0 Å². The highest BCUT2D eigenvalue weighted by atomic mass is 32.2. The van der Waals surface area contributed by atoms with E-state index in [1.165, 1.54) is 11.8 Å². The zero-order valence-electron chi connectivity index (χ0n) is 12.6. The van der Waals surface area contributed by atoms with Gasteiger partial charge in [0.25, 0.3) is 5.91 Å². The van der Waals surface area contributed by atoms with Gasteiger partial charge in [0.05, 0.1) is 16.3 Å². The van der Waals surface area contributed by atoms with Gasteiger partial charge in [0.15, 0.2) is 5.17 Å². The third-order valence-electron chi connectivity index (χ3n) is 3.45. The summed E-state index contributed by atoms with van der Waals surface area (Å²) in [4.78, 5) is 17.2. The molecule has 22 heavy (non-hydrogen) atoms. The highest BCUT2D eigenvalue weighted by Gasteiger charge is 2.24. The Balaban J connectivity index is 1.90. The molecule has 2 N–H and O–H groups in total. The number of aromatic amines is 1. The quantitative estimate of drug-likeness (QED) is 0.836. The smallest absolute Gasteiger partial charge is 0.264 e. The van der Waals surface area contributed by atoms with Crippen LogP contribution < -0.4 is 5.32 Å². The molecule has 0 aliphatic carbocycles. The summed E-state index contributed by atoms with van der Waals surface area (Å²) < 4.78 is 0. The second kappa shape index (κ2) is 5.81. The summed E-state index contributed by atoms with van der Waals surface area (Å²) in [5.74, 6) is -0.127. The standard InChI is InChI=1S/C16H16N4OS/c1-9-6-4-5-7-13(9)17-16-18-15(21)14(22-16)8-12-10(2)19-20-11(12)3/h4-8H,1-3H3,(H,19,20)(H,17,18,21)/b14-8+. The van der Waals surface area contributed by atoms with Crippen LogP contribution in [0.15, 0.2) is 34.2 Å². The van der Waals surface area contributed by atoms with Crippen molar-refractivity contribution < 1.29 is 4.79 Å². The third kappa shape index (κ3) is 2.82. The van der Waals surface area contributed by atoms with Crippen LogP contribution >= 0.6 is 11.8 Å². The van der Waals surface area contributed by atoms with E-state index in [9.17, 15) is 4.79 Å². The predicted octanol–water partition coefficient (Wildman–Crippen LogP) is 3.23. The number of aliphatic imine (C=N–C) groups is 1. The summed E-state index contributed by atoms with van der Waals surface area (Å²) in [7, 11) is 0. The maximum atomic E-state index is 12.1. The average Bonchev–Trinajstić information content (AvgIpc) is 2.99. The molecule has 2 aromatic rings. The van der Waals surface area contributed by atoms with Crippen molar-refractivity contribution in [2.24, 2.45) is 4.99 Å². The molecular formula is C16H16N4OS. The van der Waals surface area contributed by atoms with Gasteiger partial charge in [-0.2, -0.15) is 5.10 Å². The van der Waals surface area contributed by atoms with Gasteiger partial charge in [-0.3, -0.25) is 9.89 Å². The van der Waals surface area contributed by atoms with Gasteiger partial charge in [-0.15, -0.1) is 0 Å². The van der Waals surface area contributed by atoms with Crippen molar-refractivity contribution in [2.45, 2.75) is 20.8 Å². The van der Waals surface area contributed by atoms with Gasteiger partial charge in [0.1, 0.15) is 0 Å². The highest BCUT2D eigenvalue weighted by molar-refractivity contribution is 8.18. The number of carbonyl (C=O) groups excluding carboxylic acids is 1. The van der Waals surface area contributed by atoms with Crippen LogP contribution in [0.2, 0.25) is 0 Å². The Kier molecular flexibility index (Phi) is 3.85. The molecule has 1 aliphatic rings. The first-order valence-corrected chi connectivity index (χ1v) is 7.73. The zero-order valence-corrected chi connectivity index (χ0v) is 13.4. The van der Waals surface area contributed by atoms with Gasteiger partial charge in [-0.25, -0.2) is 4.99 Å². The van der Waals surface area contributed by atoms with E-state index >= 15 is 0 Å². The van der Waals surface area contributed by atoms with Crippen LogP contribution in [-0.2, 0) is 4.79 Å². The molecule has 3 rings (SSSR count). The fourth-order valence-corrected chi connectivity index (χ4v) is 3.00. The van der Waals surface area contributed by atoms with Crippen molar-refractivity contribution in [1.29, 1.82) is 0 Å². The van der Waals surface area contributed by atoms with Crippen LogP contribution in [0.1, 0.15) is 22.5 Å². The normalized spacial score (nSPS) is 18.2. The Morgan fingerprint density at radius 2 is 2.00 bits per heavy atom.